The van der Waals surface area contributed by atoms with E-state index in [1.807, 2.05) is 31.4 Å². The van der Waals surface area contributed by atoms with Crippen LogP contribution in [-0.4, -0.2) is 61.7 Å². The molecule has 248 valence electrons. The second-order valence-corrected chi connectivity index (χ2v) is 16.3. The van der Waals surface area contributed by atoms with E-state index >= 15 is 0 Å². The summed E-state index contributed by atoms with van der Waals surface area (Å²) in [4.78, 5) is 38.5. The van der Waals surface area contributed by atoms with Crippen molar-refractivity contribution in [3.63, 3.8) is 0 Å². The summed E-state index contributed by atoms with van der Waals surface area (Å²) < 4.78 is 7.13. The molecule has 5 rings (SSSR count). The third-order valence-electron chi connectivity index (χ3n) is 8.42. The van der Waals surface area contributed by atoms with Crippen LogP contribution in [0.15, 0.2) is 90.3 Å². The van der Waals surface area contributed by atoms with Crippen LogP contribution in [0.1, 0.15) is 50.7 Å². The molecule has 1 aliphatic rings. The Morgan fingerprint density at radius 1 is 1.06 bits per heavy atom. The Kier molecular flexibility index (Phi) is 11.2. The lowest BCUT2D eigenvalue weighted by atomic mass is 9.74. The molecule has 1 N–H and O–H groups in total. The average Bonchev–Trinajstić information content (AvgIpc) is 3.52. The molecule has 4 aromatic rings. The summed E-state index contributed by atoms with van der Waals surface area (Å²) in [5, 5.41) is 16.0. The van der Waals surface area contributed by atoms with Crippen molar-refractivity contribution in [2.75, 3.05) is 24.5 Å². The lowest BCUT2D eigenvalue weighted by Gasteiger charge is -2.54. The Labute approximate surface area is 282 Å². The van der Waals surface area contributed by atoms with Gasteiger partial charge in [-0.15, -0.1) is 11.3 Å². The molecule has 1 aromatic heterocycles. The Hall–Kier alpha value is -3.94. The van der Waals surface area contributed by atoms with E-state index in [4.69, 9.17) is 14.2 Å². The van der Waals surface area contributed by atoms with Crippen molar-refractivity contribution < 1.29 is 19.0 Å². The van der Waals surface area contributed by atoms with Gasteiger partial charge in [-0.2, -0.15) is 0 Å². The van der Waals surface area contributed by atoms with Gasteiger partial charge < -0.3 is 14.2 Å². The molecule has 0 bridgehead atoms. The van der Waals surface area contributed by atoms with Crippen LogP contribution < -0.4 is 20.8 Å². The summed E-state index contributed by atoms with van der Waals surface area (Å²) in [5.74, 6) is 0.170. The highest BCUT2D eigenvalue weighted by molar-refractivity contribution is 7.14. The number of nitrogens with zero attached hydrogens (tertiary/aromatic N) is 4. The number of thiazole rings is 1. The van der Waals surface area contributed by atoms with E-state index < -0.39 is 14.0 Å². The molecular weight excluding hydrogens is 631 g/mol. The zero-order valence-electron chi connectivity index (χ0n) is 27.5. The number of nitrogens with one attached hydrogen (secondary N) is 1. The first-order chi connectivity index (χ1) is 22.5. The van der Waals surface area contributed by atoms with Gasteiger partial charge in [0.2, 0.25) is 9.04 Å². The minimum absolute atomic E-state index is 0.0331. The van der Waals surface area contributed by atoms with Crippen LogP contribution in [0.25, 0.3) is 0 Å². The predicted molar refractivity (Wildman–Crippen MR) is 189 cm³/mol. The van der Waals surface area contributed by atoms with E-state index in [1.165, 1.54) is 33.8 Å². The highest BCUT2D eigenvalue weighted by Crippen LogP contribution is 2.43. The third-order valence-corrected chi connectivity index (χ3v) is 11.8. The smallest absolute Gasteiger partial charge is 0.273 e. The highest BCUT2D eigenvalue weighted by Gasteiger charge is 2.48. The zero-order valence-corrected chi connectivity index (χ0v) is 29.5. The minimum atomic E-state index is -2.02. The fraction of sp³-hybridized carbons (Fsp3) is 0.371. The normalized spacial score (nSPS) is 16.4. The van der Waals surface area contributed by atoms with Crippen molar-refractivity contribution in [1.82, 2.24) is 15.4 Å². The van der Waals surface area contributed by atoms with E-state index in [2.05, 4.69) is 79.7 Å². The molecule has 10 nitrogen and oxygen atoms in total. The predicted octanol–water partition coefficient (Wildman–Crippen LogP) is 4.99. The lowest BCUT2D eigenvalue weighted by molar-refractivity contribution is -0.384. The van der Waals surface area contributed by atoms with Gasteiger partial charge in [-0.3, -0.25) is 19.7 Å². The van der Waals surface area contributed by atoms with E-state index in [0.717, 1.165) is 17.2 Å². The van der Waals surface area contributed by atoms with Crippen molar-refractivity contribution in [2.24, 2.45) is 11.3 Å². The summed E-state index contributed by atoms with van der Waals surface area (Å²) in [7, 11) is -2.02. The van der Waals surface area contributed by atoms with Gasteiger partial charge in [0.15, 0.2) is 5.13 Å². The van der Waals surface area contributed by atoms with Gasteiger partial charge in [0.05, 0.1) is 11.5 Å². The van der Waals surface area contributed by atoms with E-state index in [9.17, 15) is 14.9 Å². The van der Waals surface area contributed by atoms with Gasteiger partial charge in [0, 0.05) is 49.1 Å². The number of anilines is 1. The largest absolute Gasteiger partial charge is 0.391 e. The molecule has 0 aliphatic carbocycles. The first-order valence-corrected chi connectivity index (χ1v) is 18.4. The van der Waals surface area contributed by atoms with Crippen molar-refractivity contribution >= 4 is 47.5 Å². The van der Waals surface area contributed by atoms with Crippen LogP contribution >= 0.6 is 11.3 Å². The molecule has 1 aliphatic heterocycles. The molecule has 1 fully saturated rings. The second kappa shape index (κ2) is 15.3. The summed E-state index contributed by atoms with van der Waals surface area (Å²) in [6, 6.07) is 27.2. The Morgan fingerprint density at radius 2 is 1.68 bits per heavy atom. The number of amides is 1. The number of nitro groups is 1. The van der Waals surface area contributed by atoms with Crippen LogP contribution in [0.4, 0.5) is 10.8 Å². The number of hydrogen-bond donors (Lipinski definition) is 1. The summed E-state index contributed by atoms with van der Waals surface area (Å²) >= 11 is 1.48. The first kappa shape index (κ1) is 34.4. The fourth-order valence-corrected chi connectivity index (χ4v) is 8.90. The highest BCUT2D eigenvalue weighted by atomic mass is 32.1. The number of aromatic nitrogens is 1. The molecule has 0 spiro atoms. The molecule has 1 amide bonds. The molecule has 12 heteroatoms. The average molecular weight is 674 g/mol. The summed E-state index contributed by atoms with van der Waals surface area (Å²) in [5.41, 5.74) is 4.20. The second-order valence-electron chi connectivity index (χ2n) is 13.1. The maximum Gasteiger partial charge on any atom is 0.273 e. The number of carbonyl (C=O) groups excluding carboxylic acids is 1. The number of non-ortho nitro benzene ring substituents is 1. The molecule has 47 heavy (non-hydrogen) atoms. The Morgan fingerprint density at radius 3 is 2.23 bits per heavy atom. The van der Waals surface area contributed by atoms with Crippen LogP contribution in [0.2, 0.25) is 0 Å². The van der Waals surface area contributed by atoms with Crippen molar-refractivity contribution in [2.45, 2.75) is 53.5 Å². The topological polar surface area (TPSA) is 110 Å². The van der Waals surface area contributed by atoms with Gasteiger partial charge >= 0.3 is 0 Å². The maximum atomic E-state index is 13.7. The number of rotatable bonds is 14. The quantitative estimate of drug-likeness (QED) is 0.0864. The van der Waals surface area contributed by atoms with Crippen molar-refractivity contribution in [3.05, 3.63) is 112 Å². The van der Waals surface area contributed by atoms with Crippen LogP contribution in [0.3, 0.4) is 0 Å². The molecule has 0 radical (unpaired) electrons. The summed E-state index contributed by atoms with van der Waals surface area (Å²) in [6.45, 7) is 12.6. The number of hydroxylamine groups is 1. The number of hydrogen-bond acceptors (Lipinski definition) is 9. The zero-order chi connectivity index (χ0) is 33.6. The molecule has 0 saturated carbocycles. The third kappa shape index (κ3) is 8.51. The monoisotopic (exact) mass is 673 g/mol. The van der Waals surface area contributed by atoms with E-state index in [0.29, 0.717) is 24.7 Å². The summed E-state index contributed by atoms with van der Waals surface area (Å²) in [6.07, 6.45) is -0.153. The Bertz CT molecular complexity index is 1580. The van der Waals surface area contributed by atoms with Crippen LogP contribution in [-0.2, 0) is 15.9 Å². The molecular formula is C35H43N5O5SSi. The lowest BCUT2D eigenvalue weighted by Crippen LogP contribution is -2.65. The first-order valence-electron chi connectivity index (χ1n) is 15.9. The van der Waals surface area contributed by atoms with Gasteiger partial charge in [-0.25, -0.2) is 10.5 Å². The number of nitro benzene ring substituents is 1. The van der Waals surface area contributed by atoms with Crippen LogP contribution in [0, 0.1) is 21.4 Å². The standard InChI is InChI=1S/C35H43N5O5SSi/c1-25(2)38(21-20-36-44-23-26-16-18-27(19-17-26)40(42)43)32(41)31-24-46-34(37-31)39-22-30(35(3,4)5)33(39)45-47(28-12-8-6-9-13-28)29-14-10-7-11-15-29/h6-19,24-25,30,33,36,47H,20-23H2,1-5H3. The minimum Gasteiger partial charge on any atom is -0.391 e. The van der Waals surface area contributed by atoms with Crippen molar-refractivity contribution in [1.29, 1.82) is 0 Å². The maximum absolute atomic E-state index is 13.7. The SMILES string of the molecule is CC(C)N(CCNOCc1ccc([N+](=O)[O-])cc1)C(=O)c1csc(N2CC(C(C)(C)C)C2O[SiH](c2ccccc2)c2ccccc2)n1. The van der Waals surface area contributed by atoms with E-state index in [1.54, 1.807) is 17.0 Å². The van der Waals surface area contributed by atoms with Gasteiger partial charge in [-0.05, 0) is 47.3 Å². The van der Waals surface area contributed by atoms with E-state index in [-0.39, 0.29) is 35.9 Å². The molecule has 2 heterocycles. The fourth-order valence-electron chi connectivity index (χ4n) is 5.61. The van der Waals surface area contributed by atoms with Crippen molar-refractivity contribution in [3.8, 4) is 0 Å². The molecule has 2 unspecified atom stereocenters. The molecule has 1 saturated heterocycles. The number of carbonyl (C=O) groups is 1. The Balaban J connectivity index is 1.24. The molecule has 2 atom stereocenters. The number of benzene rings is 3. The van der Waals surface area contributed by atoms with Gasteiger partial charge in [0.25, 0.3) is 11.6 Å². The van der Waals surface area contributed by atoms with Crippen LogP contribution in [0.5, 0.6) is 0 Å². The van der Waals surface area contributed by atoms with Gasteiger partial charge in [0.1, 0.15) is 11.9 Å². The van der Waals surface area contributed by atoms with Gasteiger partial charge in [-0.1, -0.05) is 81.4 Å². The molecule has 3 aromatic carbocycles.